The van der Waals surface area contributed by atoms with Gasteiger partial charge in [-0.1, -0.05) is 31.2 Å². The van der Waals surface area contributed by atoms with Crippen LogP contribution in [0.15, 0.2) is 24.3 Å². The number of benzene rings is 1. The zero-order chi connectivity index (χ0) is 14.0. The Balaban J connectivity index is 2.06. The van der Waals surface area contributed by atoms with Crippen molar-refractivity contribution in [2.45, 2.75) is 33.2 Å². The summed E-state index contributed by atoms with van der Waals surface area (Å²) in [4.78, 5) is 11.8. The summed E-state index contributed by atoms with van der Waals surface area (Å²) in [6.45, 7) is 6.91. The first-order valence-corrected chi connectivity index (χ1v) is 6.99. The highest BCUT2D eigenvalue weighted by molar-refractivity contribution is 5.81. The second-order valence-electron chi connectivity index (χ2n) is 6.20. The highest BCUT2D eigenvalue weighted by Crippen LogP contribution is 2.36. The molecular formula is C16H24N2O. The van der Waals surface area contributed by atoms with Crippen LogP contribution >= 0.6 is 0 Å². The average molecular weight is 260 g/mol. The third-order valence-corrected chi connectivity index (χ3v) is 4.11. The lowest BCUT2D eigenvalue weighted by Gasteiger charge is -2.27. The molecule has 0 fully saturated rings. The summed E-state index contributed by atoms with van der Waals surface area (Å²) in [7, 11) is 1.69. The van der Waals surface area contributed by atoms with Crippen molar-refractivity contribution in [3.05, 3.63) is 35.4 Å². The molecule has 0 unspecified atom stereocenters. The molecule has 3 heteroatoms. The molecule has 0 aromatic heterocycles. The average Bonchev–Trinajstić information content (AvgIpc) is 2.71. The van der Waals surface area contributed by atoms with Crippen molar-refractivity contribution in [3.63, 3.8) is 0 Å². The quantitative estimate of drug-likeness (QED) is 0.872. The highest BCUT2D eigenvalue weighted by Gasteiger charge is 2.32. The Morgan fingerprint density at radius 1 is 1.37 bits per heavy atom. The minimum Gasteiger partial charge on any atom is -0.359 e. The van der Waals surface area contributed by atoms with Gasteiger partial charge >= 0.3 is 0 Å². The van der Waals surface area contributed by atoms with E-state index in [1.54, 1.807) is 7.05 Å². The smallest absolute Gasteiger partial charge is 0.226 e. The Morgan fingerprint density at radius 2 is 2.05 bits per heavy atom. The van der Waals surface area contributed by atoms with Gasteiger partial charge in [0, 0.05) is 19.6 Å². The van der Waals surface area contributed by atoms with Crippen molar-refractivity contribution < 1.29 is 4.79 Å². The van der Waals surface area contributed by atoms with Gasteiger partial charge in [0.2, 0.25) is 5.91 Å². The summed E-state index contributed by atoms with van der Waals surface area (Å²) in [5.74, 6) is 0.664. The molecule has 2 atom stereocenters. The Kier molecular flexibility index (Phi) is 3.95. The lowest BCUT2D eigenvalue weighted by Crippen LogP contribution is -2.43. The van der Waals surface area contributed by atoms with E-state index in [9.17, 15) is 4.79 Å². The van der Waals surface area contributed by atoms with Gasteiger partial charge < -0.3 is 10.6 Å². The second-order valence-corrected chi connectivity index (χ2v) is 6.20. The van der Waals surface area contributed by atoms with Crippen LogP contribution in [0.3, 0.4) is 0 Å². The normalized spacial score (nSPS) is 22.1. The van der Waals surface area contributed by atoms with E-state index < -0.39 is 0 Å². The van der Waals surface area contributed by atoms with E-state index in [4.69, 9.17) is 0 Å². The summed E-state index contributed by atoms with van der Waals surface area (Å²) in [6.07, 6.45) is 1.12. The second kappa shape index (κ2) is 5.33. The largest absolute Gasteiger partial charge is 0.359 e. The van der Waals surface area contributed by atoms with Crippen molar-refractivity contribution in [1.29, 1.82) is 0 Å². The van der Waals surface area contributed by atoms with Crippen LogP contribution in [-0.2, 0) is 11.2 Å². The van der Waals surface area contributed by atoms with Crippen LogP contribution in [0.2, 0.25) is 0 Å². The summed E-state index contributed by atoms with van der Waals surface area (Å²) in [5.41, 5.74) is 2.44. The molecule has 0 aliphatic heterocycles. The number of carbonyl (C=O) groups is 1. The first kappa shape index (κ1) is 14.1. The maximum atomic E-state index is 11.8. The van der Waals surface area contributed by atoms with Crippen LogP contribution in [0, 0.1) is 11.3 Å². The summed E-state index contributed by atoms with van der Waals surface area (Å²) in [5, 5.41) is 6.31. The number of hydrogen-bond donors (Lipinski definition) is 2. The molecule has 19 heavy (non-hydrogen) atoms. The van der Waals surface area contributed by atoms with Crippen LogP contribution < -0.4 is 10.6 Å². The van der Waals surface area contributed by atoms with Crippen molar-refractivity contribution >= 4 is 5.91 Å². The fourth-order valence-electron chi connectivity index (χ4n) is 2.89. The number of hydrogen-bond acceptors (Lipinski definition) is 2. The Labute approximate surface area is 115 Å². The van der Waals surface area contributed by atoms with Gasteiger partial charge in [-0.15, -0.1) is 0 Å². The van der Waals surface area contributed by atoms with Crippen LogP contribution in [0.5, 0.6) is 0 Å². The van der Waals surface area contributed by atoms with Crippen LogP contribution in [-0.4, -0.2) is 19.5 Å². The zero-order valence-corrected chi connectivity index (χ0v) is 12.3. The number of fused-ring (bicyclic) bond motifs is 1. The predicted molar refractivity (Wildman–Crippen MR) is 77.9 cm³/mol. The van der Waals surface area contributed by atoms with Crippen molar-refractivity contribution in [2.75, 3.05) is 13.6 Å². The van der Waals surface area contributed by atoms with Gasteiger partial charge in [-0.2, -0.15) is 0 Å². The molecule has 2 rings (SSSR count). The predicted octanol–water partition coefficient (Wildman–Crippen LogP) is 2.28. The standard InChI is InChI=1S/C16H24N2O/c1-11-9-12-7-5-6-8-13(12)14(11)18-10-16(2,3)15(19)17-4/h5-8,11,14,18H,9-10H2,1-4H3,(H,17,19)/t11-,14+/m1/s1. The Hall–Kier alpha value is -1.35. The summed E-state index contributed by atoms with van der Waals surface area (Å²) < 4.78 is 0. The van der Waals surface area contributed by atoms with Crippen molar-refractivity contribution in [2.24, 2.45) is 11.3 Å². The van der Waals surface area contributed by atoms with Gasteiger partial charge in [-0.25, -0.2) is 0 Å². The van der Waals surface area contributed by atoms with Gasteiger partial charge in [0.05, 0.1) is 5.41 Å². The number of carbonyl (C=O) groups excluding carboxylic acids is 1. The molecule has 3 nitrogen and oxygen atoms in total. The number of amides is 1. The van der Waals surface area contributed by atoms with Gasteiger partial charge in [0.25, 0.3) is 0 Å². The van der Waals surface area contributed by atoms with E-state index in [-0.39, 0.29) is 11.3 Å². The molecular weight excluding hydrogens is 236 g/mol. The fourth-order valence-corrected chi connectivity index (χ4v) is 2.89. The van der Waals surface area contributed by atoms with Crippen molar-refractivity contribution in [1.82, 2.24) is 10.6 Å². The molecule has 0 bridgehead atoms. The number of rotatable bonds is 4. The lowest BCUT2D eigenvalue weighted by molar-refractivity contribution is -0.128. The SMILES string of the molecule is CNC(=O)C(C)(C)CN[C@@H]1c2ccccc2C[C@H]1C. The monoisotopic (exact) mass is 260 g/mol. The van der Waals surface area contributed by atoms with Gasteiger partial charge in [0.1, 0.15) is 0 Å². The number of nitrogens with one attached hydrogen (secondary N) is 2. The molecule has 0 saturated heterocycles. The fraction of sp³-hybridized carbons (Fsp3) is 0.562. The maximum absolute atomic E-state index is 11.8. The third-order valence-electron chi connectivity index (χ3n) is 4.11. The van der Waals surface area contributed by atoms with Gasteiger partial charge in [-0.05, 0) is 37.3 Å². The van der Waals surface area contributed by atoms with Crippen LogP contribution in [0.1, 0.15) is 37.9 Å². The summed E-state index contributed by atoms with van der Waals surface area (Å²) >= 11 is 0. The molecule has 0 spiro atoms. The maximum Gasteiger partial charge on any atom is 0.226 e. The first-order chi connectivity index (χ1) is 8.95. The van der Waals surface area contributed by atoms with Crippen LogP contribution in [0.25, 0.3) is 0 Å². The summed E-state index contributed by atoms with van der Waals surface area (Å²) in [6, 6.07) is 8.96. The topological polar surface area (TPSA) is 41.1 Å². The molecule has 1 aliphatic carbocycles. The van der Waals surface area contributed by atoms with Gasteiger partial charge in [-0.3, -0.25) is 4.79 Å². The van der Waals surface area contributed by atoms with E-state index in [2.05, 4.69) is 41.8 Å². The van der Waals surface area contributed by atoms with E-state index in [0.29, 0.717) is 18.5 Å². The molecule has 1 aromatic rings. The third kappa shape index (κ3) is 2.81. The zero-order valence-electron chi connectivity index (χ0n) is 12.3. The van der Waals surface area contributed by atoms with Crippen LogP contribution in [0.4, 0.5) is 0 Å². The first-order valence-electron chi connectivity index (χ1n) is 6.99. The molecule has 0 heterocycles. The Bertz CT molecular complexity index is 468. The molecule has 1 aliphatic rings. The van der Waals surface area contributed by atoms with E-state index in [1.165, 1.54) is 11.1 Å². The van der Waals surface area contributed by atoms with Gasteiger partial charge in [0.15, 0.2) is 0 Å². The minimum absolute atomic E-state index is 0.0823. The molecule has 1 amide bonds. The van der Waals surface area contributed by atoms with E-state index >= 15 is 0 Å². The minimum atomic E-state index is -0.383. The molecule has 2 N–H and O–H groups in total. The molecule has 0 saturated carbocycles. The molecule has 1 aromatic carbocycles. The van der Waals surface area contributed by atoms with Crippen molar-refractivity contribution in [3.8, 4) is 0 Å². The molecule has 104 valence electrons. The lowest BCUT2D eigenvalue weighted by atomic mass is 9.91. The van der Waals surface area contributed by atoms with E-state index in [1.807, 2.05) is 13.8 Å². The Morgan fingerprint density at radius 3 is 2.74 bits per heavy atom. The van der Waals surface area contributed by atoms with E-state index in [0.717, 1.165) is 6.42 Å². The molecule has 0 radical (unpaired) electrons. The highest BCUT2D eigenvalue weighted by atomic mass is 16.2.